The molecule has 1 aromatic heterocycles. The minimum Gasteiger partial charge on any atom is -0.383 e. The maximum atomic E-state index is 5.68. The molecule has 1 heterocycles. The van der Waals surface area contributed by atoms with Gasteiger partial charge in [0.15, 0.2) is 0 Å². The lowest BCUT2D eigenvalue weighted by Gasteiger charge is -2.19. The summed E-state index contributed by atoms with van der Waals surface area (Å²) in [7, 11) is 0. The molecule has 1 aromatic rings. The lowest BCUT2D eigenvalue weighted by molar-refractivity contribution is 0.564. The van der Waals surface area contributed by atoms with Gasteiger partial charge in [0.25, 0.3) is 0 Å². The summed E-state index contributed by atoms with van der Waals surface area (Å²) in [5.41, 5.74) is 12.0. The van der Waals surface area contributed by atoms with Crippen LogP contribution in [0.1, 0.15) is 26.5 Å². The fourth-order valence-corrected chi connectivity index (χ4v) is 2.03. The van der Waals surface area contributed by atoms with E-state index in [-0.39, 0.29) is 11.4 Å². The van der Waals surface area contributed by atoms with Gasteiger partial charge >= 0.3 is 0 Å². The van der Waals surface area contributed by atoms with Gasteiger partial charge in [0, 0.05) is 5.41 Å². The van der Waals surface area contributed by atoms with Crippen molar-refractivity contribution in [3.05, 3.63) is 9.26 Å². The van der Waals surface area contributed by atoms with E-state index in [2.05, 4.69) is 53.3 Å². The second-order valence-corrected chi connectivity index (χ2v) is 4.96. The van der Waals surface area contributed by atoms with Crippen LogP contribution in [-0.4, -0.2) is 9.97 Å². The minimum atomic E-state index is -0.0539. The van der Waals surface area contributed by atoms with Crippen molar-refractivity contribution in [2.45, 2.75) is 26.2 Å². The molecule has 72 valence electrons. The molecule has 4 N–H and O–H groups in total. The lowest BCUT2D eigenvalue weighted by Crippen LogP contribution is -2.19. The SMILES string of the molecule is CC(C)(C)c1nc(N)nc(N)c1I. The monoisotopic (exact) mass is 292 g/mol. The Morgan fingerprint density at radius 3 is 2.15 bits per heavy atom. The molecule has 0 spiro atoms. The maximum absolute atomic E-state index is 5.68. The Kier molecular flexibility index (Phi) is 2.65. The van der Waals surface area contributed by atoms with E-state index in [0.717, 1.165) is 9.26 Å². The lowest BCUT2D eigenvalue weighted by atomic mass is 9.92. The van der Waals surface area contributed by atoms with Gasteiger partial charge in [-0.05, 0) is 22.6 Å². The summed E-state index contributed by atoms with van der Waals surface area (Å²) in [6, 6.07) is 0. The standard InChI is InChI=1S/C8H13IN4/c1-8(2,3)5-4(9)6(10)13-7(11)12-5/h1-3H3,(H4,10,11,12,13). The van der Waals surface area contributed by atoms with Crippen molar-refractivity contribution in [3.8, 4) is 0 Å². The van der Waals surface area contributed by atoms with E-state index in [0.29, 0.717) is 5.82 Å². The molecule has 0 aliphatic rings. The van der Waals surface area contributed by atoms with E-state index in [9.17, 15) is 0 Å². The number of nitrogens with zero attached hydrogens (tertiary/aromatic N) is 2. The van der Waals surface area contributed by atoms with Crippen LogP contribution in [0.3, 0.4) is 0 Å². The van der Waals surface area contributed by atoms with Crippen molar-refractivity contribution in [1.29, 1.82) is 0 Å². The Labute approximate surface area is 91.3 Å². The number of hydrogen-bond acceptors (Lipinski definition) is 4. The molecule has 5 heteroatoms. The molecule has 0 atom stereocenters. The zero-order chi connectivity index (χ0) is 10.2. The highest BCUT2D eigenvalue weighted by atomic mass is 127. The number of nitrogens with two attached hydrogens (primary N) is 2. The Morgan fingerprint density at radius 2 is 1.69 bits per heavy atom. The summed E-state index contributed by atoms with van der Waals surface area (Å²) in [6.07, 6.45) is 0. The van der Waals surface area contributed by atoms with Crippen molar-refractivity contribution in [2.24, 2.45) is 0 Å². The summed E-state index contributed by atoms with van der Waals surface area (Å²) >= 11 is 2.14. The summed E-state index contributed by atoms with van der Waals surface area (Å²) < 4.78 is 0.888. The molecule has 4 nitrogen and oxygen atoms in total. The van der Waals surface area contributed by atoms with Gasteiger partial charge in [-0.25, -0.2) is 4.98 Å². The highest BCUT2D eigenvalue weighted by Crippen LogP contribution is 2.28. The topological polar surface area (TPSA) is 77.8 Å². The van der Waals surface area contributed by atoms with E-state index in [1.165, 1.54) is 0 Å². The predicted molar refractivity (Wildman–Crippen MR) is 62.3 cm³/mol. The summed E-state index contributed by atoms with van der Waals surface area (Å²) in [5, 5.41) is 0. The first-order valence-electron chi connectivity index (χ1n) is 3.91. The summed E-state index contributed by atoms with van der Waals surface area (Å²) in [4.78, 5) is 8.07. The summed E-state index contributed by atoms with van der Waals surface area (Å²) in [5.74, 6) is 0.695. The van der Waals surface area contributed by atoms with Crippen LogP contribution >= 0.6 is 22.6 Å². The van der Waals surface area contributed by atoms with Gasteiger partial charge in [0.2, 0.25) is 5.95 Å². The molecule has 0 aliphatic carbocycles. The van der Waals surface area contributed by atoms with Crippen molar-refractivity contribution < 1.29 is 0 Å². The quantitative estimate of drug-likeness (QED) is 0.711. The highest BCUT2D eigenvalue weighted by Gasteiger charge is 2.21. The molecule has 0 fully saturated rings. The van der Waals surface area contributed by atoms with E-state index < -0.39 is 0 Å². The first-order valence-corrected chi connectivity index (χ1v) is 4.99. The van der Waals surface area contributed by atoms with E-state index in [4.69, 9.17) is 11.5 Å². The van der Waals surface area contributed by atoms with Crippen LogP contribution in [-0.2, 0) is 5.41 Å². The van der Waals surface area contributed by atoms with Crippen LogP contribution in [0.5, 0.6) is 0 Å². The molecule has 0 radical (unpaired) electrons. The van der Waals surface area contributed by atoms with Crippen molar-refractivity contribution in [2.75, 3.05) is 11.5 Å². The third-order valence-electron chi connectivity index (χ3n) is 1.60. The normalized spacial score (nSPS) is 11.7. The molecule has 0 aromatic carbocycles. The van der Waals surface area contributed by atoms with Crippen molar-refractivity contribution in [1.82, 2.24) is 9.97 Å². The van der Waals surface area contributed by atoms with Gasteiger partial charge in [-0.2, -0.15) is 4.98 Å². The average molecular weight is 292 g/mol. The second kappa shape index (κ2) is 3.28. The van der Waals surface area contributed by atoms with E-state index >= 15 is 0 Å². The number of nitrogen functional groups attached to an aromatic ring is 2. The maximum Gasteiger partial charge on any atom is 0.222 e. The van der Waals surface area contributed by atoms with Gasteiger partial charge in [0.1, 0.15) is 5.82 Å². The molecule has 13 heavy (non-hydrogen) atoms. The molecule has 0 amide bonds. The smallest absolute Gasteiger partial charge is 0.222 e. The molecule has 0 saturated carbocycles. The molecule has 0 unspecified atom stereocenters. The molecule has 0 aliphatic heterocycles. The van der Waals surface area contributed by atoms with Crippen LogP contribution in [0.2, 0.25) is 0 Å². The zero-order valence-electron chi connectivity index (χ0n) is 7.93. The van der Waals surface area contributed by atoms with Crippen molar-refractivity contribution in [3.63, 3.8) is 0 Å². The van der Waals surface area contributed by atoms with Gasteiger partial charge < -0.3 is 11.5 Å². The zero-order valence-corrected chi connectivity index (χ0v) is 10.1. The number of aromatic nitrogens is 2. The van der Waals surface area contributed by atoms with Crippen LogP contribution in [0.15, 0.2) is 0 Å². The second-order valence-electron chi connectivity index (χ2n) is 3.88. The van der Waals surface area contributed by atoms with Crippen LogP contribution in [0.25, 0.3) is 0 Å². The van der Waals surface area contributed by atoms with E-state index in [1.54, 1.807) is 0 Å². The van der Waals surface area contributed by atoms with Crippen LogP contribution in [0.4, 0.5) is 11.8 Å². The molecule has 0 saturated heterocycles. The molecule has 1 rings (SSSR count). The number of halogens is 1. The largest absolute Gasteiger partial charge is 0.383 e. The Bertz CT molecular complexity index is 330. The minimum absolute atomic E-state index is 0.0539. The van der Waals surface area contributed by atoms with Crippen molar-refractivity contribution >= 4 is 34.4 Å². The molecule has 0 bridgehead atoms. The predicted octanol–water partition coefficient (Wildman–Crippen LogP) is 1.54. The van der Waals surface area contributed by atoms with Gasteiger partial charge in [-0.3, -0.25) is 0 Å². The molecular formula is C8H13IN4. The van der Waals surface area contributed by atoms with Gasteiger partial charge in [-0.1, -0.05) is 20.8 Å². The Balaban J connectivity index is 3.37. The fourth-order valence-electron chi connectivity index (χ4n) is 0.979. The Morgan fingerprint density at radius 1 is 1.15 bits per heavy atom. The van der Waals surface area contributed by atoms with E-state index in [1.807, 2.05) is 0 Å². The number of rotatable bonds is 0. The van der Waals surface area contributed by atoms with Crippen LogP contribution < -0.4 is 11.5 Å². The number of hydrogen-bond donors (Lipinski definition) is 2. The Hall–Kier alpha value is -0.590. The molecular weight excluding hydrogens is 279 g/mol. The highest BCUT2D eigenvalue weighted by molar-refractivity contribution is 14.1. The summed E-state index contributed by atoms with van der Waals surface area (Å²) in [6.45, 7) is 6.20. The fraction of sp³-hybridized carbons (Fsp3) is 0.500. The van der Waals surface area contributed by atoms with Gasteiger partial charge in [0.05, 0.1) is 9.26 Å². The van der Waals surface area contributed by atoms with Gasteiger partial charge in [-0.15, -0.1) is 0 Å². The average Bonchev–Trinajstić information content (AvgIpc) is 1.94. The number of anilines is 2. The third-order valence-corrected chi connectivity index (χ3v) is 2.67. The van der Waals surface area contributed by atoms with Crippen LogP contribution in [0, 0.1) is 3.57 Å². The first-order chi connectivity index (χ1) is 5.82. The third kappa shape index (κ3) is 2.20. The first kappa shape index (κ1) is 10.5.